The number of amides is 2. The molecule has 0 radical (unpaired) electrons. The third kappa shape index (κ3) is 5.13. The minimum Gasteiger partial charge on any atom is -0.497 e. The summed E-state index contributed by atoms with van der Waals surface area (Å²) in [5, 5.41) is 2.89. The second kappa shape index (κ2) is 10.2. The summed E-state index contributed by atoms with van der Waals surface area (Å²) < 4.78 is 10.2. The minimum absolute atomic E-state index is 0.0419. The first-order valence-corrected chi connectivity index (χ1v) is 10.1. The van der Waals surface area contributed by atoms with E-state index in [4.69, 9.17) is 9.47 Å². The van der Waals surface area contributed by atoms with Crippen molar-refractivity contribution in [3.63, 3.8) is 0 Å². The van der Waals surface area contributed by atoms with Crippen LogP contribution in [0.1, 0.15) is 52.7 Å². The number of nitrogens with one attached hydrogen (secondary N) is 1. The lowest BCUT2D eigenvalue weighted by Gasteiger charge is -2.34. The number of methoxy groups -OCH3 is 2. The number of rotatable bonds is 7. The van der Waals surface area contributed by atoms with Crippen LogP contribution in [0, 0.1) is 6.92 Å². The van der Waals surface area contributed by atoms with Gasteiger partial charge in [-0.2, -0.15) is 0 Å². The van der Waals surface area contributed by atoms with E-state index < -0.39 is 0 Å². The molecule has 1 aliphatic heterocycles. The summed E-state index contributed by atoms with van der Waals surface area (Å²) >= 11 is 0. The highest BCUT2D eigenvalue weighted by Gasteiger charge is 2.30. The van der Waals surface area contributed by atoms with E-state index in [0.29, 0.717) is 30.2 Å². The smallest absolute Gasteiger partial charge is 0.254 e. The van der Waals surface area contributed by atoms with Crippen molar-refractivity contribution < 1.29 is 19.1 Å². The highest BCUT2D eigenvalue weighted by atomic mass is 16.5. The summed E-state index contributed by atoms with van der Waals surface area (Å²) in [5.41, 5.74) is 1.95. The number of hydrogen-bond donors (Lipinski definition) is 1. The van der Waals surface area contributed by atoms with Crippen LogP contribution in [0.15, 0.2) is 30.5 Å². The lowest BCUT2D eigenvalue weighted by molar-refractivity contribution is -0.139. The van der Waals surface area contributed by atoms with E-state index in [0.717, 1.165) is 30.6 Å². The largest absolute Gasteiger partial charge is 0.497 e. The van der Waals surface area contributed by atoms with Crippen molar-refractivity contribution in [2.75, 3.05) is 27.4 Å². The third-order valence-electron chi connectivity index (χ3n) is 5.22. The molecule has 2 amide bonds. The number of aryl methyl sites for hydroxylation is 1. The van der Waals surface area contributed by atoms with Crippen molar-refractivity contribution in [1.82, 2.24) is 20.2 Å². The van der Waals surface area contributed by atoms with Gasteiger partial charge in [-0.15, -0.1) is 0 Å². The number of nitrogens with zero attached hydrogens (tertiary/aromatic N) is 3. The quantitative estimate of drug-likeness (QED) is 0.751. The Balaban J connectivity index is 1.70. The zero-order valence-electron chi connectivity index (χ0n) is 17.7. The summed E-state index contributed by atoms with van der Waals surface area (Å²) in [7, 11) is 3.12. The molecule has 160 valence electrons. The average Bonchev–Trinajstić information content (AvgIpc) is 2.77. The number of aromatic nitrogens is 2. The molecule has 2 heterocycles. The Labute approximate surface area is 176 Å². The van der Waals surface area contributed by atoms with Gasteiger partial charge in [0, 0.05) is 26.4 Å². The fourth-order valence-corrected chi connectivity index (χ4v) is 3.63. The maximum Gasteiger partial charge on any atom is 0.254 e. The Hall–Kier alpha value is -3.00. The second-order valence-electron chi connectivity index (χ2n) is 7.29. The highest BCUT2D eigenvalue weighted by molar-refractivity contribution is 5.94. The molecule has 1 fully saturated rings. The van der Waals surface area contributed by atoms with Crippen LogP contribution in [-0.4, -0.2) is 54.1 Å². The van der Waals surface area contributed by atoms with Crippen LogP contribution in [0.3, 0.4) is 0 Å². The van der Waals surface area contributed by atoms with Gasteiger partial charge in [-0.1, -0.05) is 12.1 Å². The van der Waals surface area contributed by atoms with Crippen molar-refractivity contribution in [3.8, 4) is 5.75 Å². The molecule has 1 saturated heterocycles. The van der Waals surface area contributed by atoms with Gasteiger partial charge in [0.15, 0.2) is 5.82 Å². The van der Waals surface area contributed by atoms with E-state index in [2.05, 4.69) is 15.3 Å². The van der Waals surface area contributed by atoms with Crippen molar-refractivity contribution in [2.24, 2.45) is 0 Å². The maximum atomic E-state index is 12.6. The van der Waals surface area contributed by atoms with Crippen LogP contribution in [0.5, 0.6) is 5.75 Å². The number of piperidine rings is 1. The van der Waals surface area contributed by atoms with Gasteiger partial charge in [0.25, 0.3) is 5.91 Å². The number of carbonyl (C=O) groups excluding carboxylic acids is 2. The molecule has 8 heteroatoms. The topological polar surface area (TPSA) is 93.7 Å². The molecular formula is C22H28N4O4. The van der Waals surface area contributed by atoms with Crippen LogP contribution in [0.2, 0.25) is 0 Å². The van der Waals surface area contributed by atoms with E-state index in [1.165, 1.54) is 7.11 Å². The Morgan fingerprint density at radius 3 is 2.83 bits per heavy atom. The molecule has 1 aromatic heterocycles. The van der Waals surface area contributed by atoms with Gasteiger partial charge in [-0.05, 0) is 43.9 Å². The molecule has 0 spiro atoms. The molecule has 1 N–H and O–H groups in total. The molecule has 1 atom stereocenters. The highest BCUT2D eigenvalue weighted by Crippen LogP contribution is 2.29. The standard InChI is InChI=1S/C22H28N4O4/c1-15-18(22(28)24-12-16-7-6-8-17(11-16)30-3)13-23-21(25-15)19-9-4-5-10-26(19)20(27)14-29-2/h6-8,11,13,19H,4-5,9-10,12,14H2,1-3H3,(H,24,28)/t19-/m1/s1. The number of hydrogen-bond acceptors (Lipinski definition) is 6. The van der Waals surface area contributed by atoms with Crippen LogP contribution in [0.4, 0.5) is 0 Å². The predicted molar refractivity (Wildman–Crippen MR) is 111 cm³/mol. The van der Waals surface area contributed by atoms with E-state index in [1.807, 2.05) is 24.3 Å². The molecule has 8 nitrogen and oxygen atoms in total. The Kier molecular flexibility index (Phi) is 7.35. The normalized spacial score (nSPS) is 16.2. The van der Waals surface area contributed by atoms with Crippen LogP contribution < -0.4 is 10.1 Å². The van der Waals surface area contributed by atoms with Crippen LogP contribution in [-0.2, 0) is 16.1 Å². The summed E-state index contributed by atoms with van der Waals surface area (Å²) in [5.74, 6) is 1.01. The van der Waals surface area contributed by atoms with Gasteiger partial charge in [-0.25, -0.2) is 9.97 Å². The SMILES string of the molecule is COCC(=O)N1CCCC[C@@H]1c1ncc(C(=O)NCc2cccc(OC)c2)c(C)n1. The molecule has 0 unspecified atom stereocenters. The molecule has 0 aliphatic carbocycles. The Bertz CT molecular complexity index is 902. The first-order valence-electron chi connectivity index (χ1n) is 10.1. The summed E-state index contributed by atoms with van der Waals surface area (Å²) in [6, 6.07) is 7.35. The summed E-state index contributed by atoms with van der Waals surface area (Å²) in [6.45, 7) is 2.87. The van der Waals surface area contributed by atoms with Crippen molar-refractivity contribution in [1.29, 1.82) is 0 Å². The molecule has 30 heavy (non-hydrogen) atoms. The first-order chi connectivity index (χ1) is 14.5. The van der Waals surface area contributed by atoms with Crippen molar-refractivity contribution in [3.05, 3.63) is 53.1 Å². The van der Waals surface area contributed by atoms with E-state index in [9.17, 15) is 9.59 Å². The number of benzene rings is 1. The molecule has 1 aliphatic rings. The third-order valence-corrected chi connectivity index (χ3v) is 5.22. The fraction of sp³-hybridized carbons (Fsp3) is 0.455. The first kappa shape index (κ1) is 21.7. The van der Waals surface area contributed by atoms with E-state index in [-0.39, 0.29) is 24.5 Å². The number of carbonyl (C=O) groups is 2. The van der Waals surface area contributed by atoms with E-state index >= 15 is 0 Å². The average molecular weight is 412 g/mol. The maximum absolute atomic E-state index is 12.6. The molecule has 1 aromatic carbocycles. The molecule has 2 aromatic rings. The fourth-order valence-electron chi connectivity index (χ4n) is 3.63. The molecule has 0 saturated carbocycles. The number of ether oxygens (including phenoxy) is 2. The molecular weight excluding hydrogens is 384 g/mol. The van der Waals surface area contributed by atoms with Crippen LogP contribution in [0.25, 0.3) is 0 Å². The van der Waals surface area contributed by atoms with Crippen LogP contribution >= 0.6 is 0 Å². The monoisotopic (exact) mass is 412 g/mol. The van der Waals surface area contributed by atoms with Gasteiger partial charge in [0.05, 0.1) is 24.4 Å². The Morgan fingerprint density at radius 2 is 2.10 bits per heavy atom. The predicted octanol–water partition coefficient (Wildman–Crippen LogP) is 2.42. The molecule has 0 bridgehead atoms. The van der Waals surface area contributed by atoms with Crippen molar-refractivity contribution in [2.45, 2.75) is 38.8 Å². The van der Waals surface area contributed by atoms with Gasteiger partial charge in [0.1, 0.15) is 12.4 Å². The molecule has 3 rings (SSSR count). The Morgan fingerprint density at radius 1 is 1.27 bits per heavy atom. The summed E-state index contributed by atoms with van der Waals surface area (Å²) in [4.78, 5) is 35.8. The minimum atomic E-state index is -0.238. The van der Waals surface area contributed by atoms with Gasteiger partial charge in [0.2, 0.25) is 5.91 Å². The second-order valence-corrected chi connectivity index (χ2v) is 7.29. The zero-order chi connectivity index (χ0) is 21.5. The summed E-state index contributed by atoms with van der Waals surface area (Å²) in [6.07, 6.45) is 4.31. The van der Waals surface area contributed by atoms with Crippen molar-refractivity contribution >= 4 is 11.8 Å². The van der Waals surface area contributed by atoms with Gasteiger partial charge in [-0.3, -0.25) is 9.59 Å². The lowest BCUT2D eigenvalue weighted by Crippen LogP contribution is -2.41. The lowest BCUT2D eigenvalue weighted by atomic mass is 10.0. The number of likely N-dealkylation sites (tertiary alicyclic amines) is 1. The van der Waals surface area contributed by atoms with Gasteiger partial charge < -0.3 is 19.7 Å². The van der Waals surface area contributed by atoms with E-state index in [1.54, 1.807) is 25.1 Å². The van der Waals surface area contributed by atoms with Gasteiger partial charge >= 0.3 is 0 Å². The zero-order valence-corrected chi connectivity index (χ0v) is 17.7.